The van der Waals surface area contributed by atoms with Crippen molar-refractivity contribution in [3.8, 4) is 5.75 Å². The SMILES string of the molecule is COC(CN(C(=O)Oc1cccc(NC(=O)CC(C)C)c1)c1ccccc1)OC. The van der Waals surface area contributed by atoms with Crippen LogP contribution in [0, 0.1) is 5.92 Å². The van der Waals surface area contributed by atoms with E-state index in [0.717, 1.165) is 0 Å². The molecule has 29 heavy (non-hydrogen) atoms. The van der Waals surface area contributed by atoms with E-state index >= 15 is 0 Å². The standard InChI is InChI=1S/C22H28N2O5/c1-16(2)13-20(25)23-17-9-8-12-19(14-17)29-22(26)24(15-21(27-3)28-4)18-10-6-5-7-11-18/h5-12,14,16,21H,13,15H2,1-4H3,(H,23,25). The fraction of sp³-hybridized carbons (Fsp3) is 0.364. The van der Waals surface area contributed by atoms with Crippen LogP contribution < -0.4 is 15.0 Å². The number of methoxy groups -OCH3 is 2. The average molecular weight is 400 g/mol. The Morgan fingerprint density at radius 3 is 2.31 bits per heavy atom. The number of rotatable bonds is 9. The lowest BCUT2D eigenvalue weighted by molar-refractivity contribution is -0.116. The Hall–Kier alpha value is -2.90. The van der Waals surface area contributed by atoms with Crippen molar-refractivity contribution < 1.29 is 23.8 Å². The molecule has 0 heterocycles. The first-order valence-corrected chi connectivity index (χ1v) is 9.42. The molecule has 0 fully saturated rings. The minimum absolute atomic E-state index is 0.0857. The van der Waals surface area contributed by atoms with Gasteiger partial charge >= 0.3 is 6.09 Å². The minimum atomic E-state index is -0.607. The molecule has 2 rings (SSSR count). The lowest BCUT2D eigenvalue weighted by atomic mass is 10.1. The third kappa shape index (κ3) is 7.21. The normalized spacial score (nSPS) is 10.8. The molecule has 0 aliphatic rings. The van der Waals surface area contributed by atoms with E-state index in [4.69, 9.17) is 14.2 Å². The van der Waals surface area contributed by atoms with E-state index in [1.54, 1.807) is 36.4 Å². The lowest BCUT2D eigenvalue weighted by Gasteiger charge is -2.25. The van der Waals surface area contributed by atoms with Gasteiger partial charge in [-0.3, -0.25) is 9.69 Å². The van der Waals surface area contributed by atoms with Gasteiger partial charge in [-0.1, -0.05) is 38.1 Å². The Kier molecular flexibility index (Phi) is 8.64. The molecule has 0 aliphatic heterocycles. The summed E-state index contributed by atoms with van der Waals surface area (Å²) in [5.41, 5.74) is 1.22. The number of carbonyl (C=O) groups excluding carboxylic acids is 2. The molecule has 2 amide bonds. The van der Waals surface area contributed by atoms with Crippen LogP contribution in [-0.2, 0) is 14.3 Å². The zero-order valence-corrected chi connectivity index (χ0v) is 17.3. The maximum atomic E-state index is 12.9. The van der Waals surface area contributed by atoms with Gasteiger partial charge in [-0.25, -0.2) is 4.79 Å². The number of para-hydroxylation sites is 1. The van der Waals surface area contributed by atoms with Crippen LogP contribution in [0.15, 0.2) is 54.6 Å². The average Bonchev–Trinajstić information content (AvgIpc) is 2.69. The fourth-order valence-electron chi connectivity index (χ4n) is 2.66. The maximum Gasteiger partial charge on any atom is 0.419 e. The highest BCUT2D eigenvalue weighted by atomic mass is 16.7. The zero-order chi connectivity index (χ0) is 21.2. The van der Waals surface area contributed by atoms with Crippen molar-refractivity contribution in [3.05, 3.63) is 54.6 Å². The number of anilines is 2. The molecule has 0 atom stereocenters. The van der Waals surface area contributed by atoms with Crippen LogP contribution in [0.1, 0.15) is 20.3 Å². The van der Waals surface area contributed by atoms with Crippen LogP contribution in [0.3, 0.4) is 0 Å². The summed E-state index contributed by atoms with van der Waals surface area (Å²) in [6, 6.07) is 15.8. The first-order chi connectivity index (χ1) is 13.9. The second kappa shape index (κ2) is 11.2. The summed E-state index contributed by atoms with van der Waals surface area (Å²) in [5, 5.41) is 2.81. The summed E-state index contributed by atoms with van der Waals surface area (Å²) in [4.78, 5) is 26.3. The van der Waals surface area contributed by atoms with Gasteiger partial charge in [0.15, 0.2) is 6.29 Å². The number of nitrogens with one attached hydrogen (secondary N) is 1. The maximum absolute atomic E-state index is 12.9. The minimum Gasteiger partial charge on any atom is -0.410 e. The number of carbonyl (C=O) groups is 2. The number of hydrogen-bond acceptors (Lipinski definition) is 5. The summed E-state index contributed by atoms with van der Waals surface area (Å²) >= 11 is 0. The van der Waals surface area contributed by atoms with Crippen molar-refractivity contribution in [2.75, 3.05) is 31.0 Å². The molecule has 156 valence electrons. The third-order valence-electron chi connectivity index (χ3n) is 4.06. The summed E-state index contributed by atoms with van der Waals surface area (Å²) < 4.78 is 16.0. The zero-order valence-electron chi connectivity index (χ0n) is 17.3. The van der Waals surface area contributed by atoms with Gasteiger partial charge in [-0.15, -0.1) is 0 Å². The van der Waals surface area contributed by atoms with Gasteiger partial charge < -0.3 is 19.5 Å². The molecule has 0 aromatic heterocycles. The van der Waals surface area contributed by atoms with E-state index in [9.17, 15) is 9.59 Å². The van der Waals surface area contributed by atoms with Crippen molar-refractivity contribution in [3.63, 3.8) is 0 Å². The molecule has 0 radical (unpaired) electrons. The van der Waals surface area contributed by atoms with Crippen LogP contribution in [0.25, 0.3) is 0 Å². The largest absolute Gasteiger partial charge is 0.419 e. The van der Waals surface area contributed by atoms with E-state index in [1.165, 1.54) is 19.1 Å². The summed E-state index contributed by atoms with van der Waals surface area (Å²) in [6.07, 6.45) is -0.772. The molecule has 0 spiro atoms. The molecule has 7 nitrogen and oxygen atoms in total. The quantitative estimate of drug-likeness (QED) is 0.635. The predicted octanol–water partition coefficient (Wildman–Crippen LogP) is 4.30. The Balaban J connectivity index is 2.14. The Morgan fingerprint density at radius 1 is 1.00 bits per heavy atom. The molecular formula is C22H28N2O5. The summed E-state index contributed by atoms with van der Waals surface area (Å²) in [5.74, 6) is 0.493. The van der Waals surface area contributed by atoms with Crippen molar-refractivity contribution in [1.82, 2.24) is 0 Å². The van der Waals surface area contributed by atoms with Crippen molar-refractivity contribution in [1.29, 1.82) is 0 Å². The molecule has 0 saturated carbocycles. The van der Waals surface area contributed by atoms with Crippen LogP contribution >= 0.6 is 0 Å². The van der Waals surface area contributed by atoms with Gasteiger partial charge in [-0.2, -0.15) is 0 Å². The highest BCUT2D eigenvalue weighted by Gasteiger charge is 2.22. The first kappa shape index (κ1) is 22.4. The predicted molar refractivity (Wildman–Crippen MR) is 112 cm³/mol. The number of hydrogen-bond donors (Lipinski definition) is 1. The second-order valence-corrected chi connectivity index (χ2v) is 6.89. The number of nitrogens with zero attached hydrogens (tertiary/aromatic N) is 1. The molecule has 2 aromatic rings. The summed E-state index contributed by atoms with van der Waals surface area (Å²) in [6.45, 7) is 4.10. The number of ether oxygens (including phenoxy) is 3. The third-order valence-corrected chi connectivity index (χ3v) is 4.06. The number of amides is 2. The molecular weight excluding hydrogens is 372 g/mol. The number of benzene rings is 2. The Labute approximate surface area is 171 Å². The molecule has 0 saturated heterocycles. The van der Waals surface area contributed by atoms with Crippen molar-refractivity contribution >= 4 is 23.4 Å². The molecule has 0 bridgehead atoms. The fourth-order valence-corrected chi connectivity index (χ4v) is 2.66. The molecule has 0 aliphatic carbocycles. The Bertz CT molecular complexity index is 791. The van der Waals surface area contributed by atoms with Gasteiger partial charge in [-0.05, 0) is 30.2 Å². The van der Waals surface area contributed by atoms with E-state index in [-0.39, 0.29) is 18.4 Å². The second-order valence-electron chi connectivity index (χ2n) is 6.89. The smallest absolute Gasteiger partial charge is 0.410 e. The van der Waals surface area contributed by atoms with Crippen LogP contribution in [0.2, 0.25) is 0 Å². The molecule has 2 aromatic carbocycles. The van der Waals surface area contributed by atoms with Crippen LogP contribution in [-0.4, -0.2) is 39.1 Å². The van der Waals surface area contributed by atoms with Gasteiger partial charge in [0, 0.05) is 38.1 Å². The molecule has 1 N–H and O–H groups in total. The van der Waals surface area contributed by atoms with Gasteiger partial charge in [0.1, 0.15) is 5.75 Å². The summed E-state index contributed by atoms with van der Waals surface area (Å²) in [7, 11) is 3.01. The topological polar surface area (TPSA) is 77.1 Å². The van der Waals surface area contributed by atoms with Gasteiger partial charge in [0.25, 0.3) is 0 Å². The van der Waals surface area contributed by atoms with E-state index < -0.39 is 12.4 Å². The van der Waals surface area contributed by atoms with Gasteiger partial charge in [0.05, 0.1) is 6.54 Å². The monoisotopic (exact) mass is 400 g/mol. The van der Waals surface area contributed by atoms with E-state index in [2.05, 4.69) is 5.32 Å². The molecule has 7 heteroatoms. The van der Waals surface area contributed by atoms with Gasteiger partial charge in [0.2, 0.25) is 5.91 Å². The Morgan fingerprint density at radius 2 is 1.69 bits per heavy atom. The van der Waals surface area contributed by atoms with Crippen molar-refractivity contribution in [2.24, 2.45) is 5.92 Å². The highest BCUT2D eigenvalue weighted by molar-refractivity contribution is 5.92. The van der Waals surface area contributed by atoms with E-state index in [0.29, 0.717) is 23.5 Å². The first-order valence-electron chi connectivity index (χ1n) is 9.42. The van der Waals surface area contributed by atoms with E-state index in [1.807, 2.05) is 32.0 Å². The van der Waals surface area contributed by atoms with Crippen molar-refractivity contribution in [2.45, 2.75) is 26.6 Å². The van der Waals surface area contributed by atoms with Crippen LogP contribution in [0.5, 0.6) is 5.75 Å². The highest BCUT2D eigenvalue weighted by Crippen LogP contribution is 2.21. The van der Waals surface area contributed by atoms with Crippen LogP contribution in [0.4, 0.5) is 16.2 Å². The lowest BCUT2D eigenvalue weighted by Crippen LogP contribution is -2.40. The molecule has 0 unspecified atom stereocenters.